The molecule has 3 heteroatoms. The van der Waals surface area contributed by atoms with E-state index >= 15 is 0 Å². The first-order valence-corrected chi connectivity index (χ1v) is 5.68. The molecular weight excluding hydrogens is 240 g/mol. The molecule has 0 bridgehead atoms. The minimum atomic E-state index is 1.00. The van der Waals surface area contributed by atoms with E-state index in [0.717, 1.165) is 22.7 Å². The van der Waals surface area contributed by atoms with Crippen LogP contribution in [0.25, 0.3) is 17.0 Å². The van der Waals surface area contributed by atoms with Crippen LogP contribution in [-0.4, -0.2) is 15.5 Å². The van der Waals surface area contributed by atoms with Crippen LogP contribution in [0.5, 0.6) is 0 Å². The van der Waals surface area contributed by atoms with Crippen LogP contribution in [0, 0.1) is 0 Å². The number of nitrogens with zero attached hydrogens (tertiary/aromatic N) is 1. The minimum absolute atomic E-state index is 1.00. The number of rotatable bonds is 3. The van der Waals surface area contributed by atoms with Gasteiger partial charge in [0, 0.05) is 10.7 Å². The van der Waals surface area contributed by atoms with Gasteiger partial charge in [-0.15, -0.1) is 0 Å². The maximum Gasteiger partial charge on any atom is 0.0722 e. The van der Waals surface area contributed by atoms with E-state index in [2.05, 4.69) is 50.4 Å². The summed E-state index contributed by atoms with van der Waals surface area (Å²) in [5.41, 5.74) is 2.30. The molecule has 1 N–H and O–H groups in total. The molecular formula is C11H11BrN2. The molecule has 0 unspecified atom stereocenters. The molecule has 0 radical (unpaired) electrons. The van der Waals surface area contributed by atoms with Crippen molar-refractivity contribution in [2.45, 2.75) is 6.42 Å². The molecule has 1 heterocycles. The molecule has 0 aliphatic heterocycles. The quantitative estimate of drug-likeness (QED) is 0.832. The molecule has 0 amide bonds. The number of hydrogen-bond acceptors (Lipinski definition) is 1. The van der Waals surface area contributed by atoms with Crippen LogP contribution in [0.1, 0.15) is 12.0 Å². The number of H-pyrrole nitrogens is 1. The highest BCUT2D eigenvalue weighted by molar-refractivity contribution is 9.09. The first-order valence-electron chi connectivity index (χ1n) is 4.56. The normalized spacial score (nSPS) is 11.5. The Morgan fingerprint density at radius 1 is 1.43 bits per heavy atom. The van der Waals surface area contributed by atoms with Crippen molar-refractivity contribution in [2.24, 2.45) is 0 Å². The monoisotopic (exact) mass is 250 g/mol. The largest absolute Gasteiger partial charge is 0.277 e. The fourth-order valence-electron chi connectivity index (χ4n) is 1.40. The fourth-order valence-corrected chi connectivity index (χ4v) is 1.67. The summed E-state index contributed by atoms with van der Waals surface area (Å²) in [5.74, 6) is 0. The lowest BCUT2D eigenvalue weighted by atomic mass is 10.1. The predicted molar refractivity (Wildman–Crippen MR) is 63.5 cm³/mol. The molecule has 2 rings (SSSR count). The standard InChI is InChI=1S/C11H11BrN2/c12-7-2-1-4-9-5-3-6-10-8-13-14-11(9)10/h1,3-6,8H,2,7H2,(H,13,14). The molecule has 1 aromatic heterocycles. The van der Waals surface area contributed by atoms with Gasteiger partial charge in [0.2, 0.25) is 0 Å². The Kier molecular flexibility index (Phi) is 2.99. The first-order chi connectivity index (χ1) is 6.92. The molecule has 2 aromatic rings. The van der Waals surface area contributed by atoms with Crippen molar-refractivity contribution in [1.29, 1.82) is 0 Å². The third-order valence-electron chi connectivity index (χ3n) is 2.08. The number of para-hydroxylation sites is 1. The van der Waals surface area contributed by atoms with Gasteiger partial charge in [0.1, 0.15) is 0 Å². The predicted octanol–water partition coefficient (Wildman–Crippen LogP) is 3.36. The van der Waals surface area contributed by atoms with Crippen molar-refractivity contribution >= 4 is 32.9 Å². The lowest BCUT2D eigenvalue weighted by Gasteiger charge is -1.94. The van der Waals surface area contributed by atoms with Gasteiger partial charge < -0.3 is 0 Å². The van der Waals surface area contributed by atoms with Gasteiger partial charge in [0.25, 0.3) is 0 Å². The third-order valence-corrected chi connectivity index (χ3v) is 2.54. The molecule has 0 saturated carbocycles. The highest BCUT2D eigenvalue weighted by atomic mass is 79.9. The first kappa shape index (κ1) is 9.46. The van der Waals surface area contributed by atoms with E-state index in [9.17, 15) is 0 Å². The molecule has 0 atom stereocenters. The van der Waals surface area contributed by atoms with Gasteiger partial charge in [-0.1, -0.05) is 46.3 Å². The van der Waals surface area contributed by atoms with Crippen molar-refractivity contribution < 1.29 is 0 Å². The zero-order valence-electron chi connectivity index (χ0n) is 7.70. The topological polar surface area (TPSA) is 28.7 Å². The summed E-state index contributed by atoms with van der Waals surface area (Å²) in [4.78, 5) is 0. The summed E-state index contributed by atoms with van der Waals surface area (Å²) in [5, 5.41) is 9.18. The van der Waals surface area contributed by atoms with Crippen molar-refractivity contribution in [2.75, 3.05) is 5.33 Å². The van der Waals surface area contributed by atoms with Gasteiger partial charge in [-0.05, 0) is 12.0 Å². The number of allylic oxidation sites excluding steroid dienone is 1. The number of hydrogen-bond donors (Lipinski definition) is 1. The van der Waals surface area contributed by atoms with E-state index in [0.29, 0.717) is 0 Å². The Labute approximate surface area is 91.1 Å². The highest BCUT2D eigenvalue weighted by Crippen LogP contribution is 2.16. The van der Waals surface area contributed by atoms with Crippen molar-refractivity contribution in [1.82, 2.24) is 10.2 Å². The van der Waals surface area contributed by atoms with Crippen LogP contribution in [-0.2, 0) is 0 Å². The zero-order valence-corrected chi connectivity index (χ0v) is 9.29. The van der Waals surface area contributed by atoms with Gasteiger partial charge in [0.05, 0.1) is 11.7 Å². The van der Waals surface area contributed by atoms with Crippen molar-refractivity contribution in [3.8, 4) is 0 Å². The van der Waals surface area contributed by atoms with Crippen LogP contribution in [0.3, 0.4) is 0 Å². The molecule has 0 aliphatic carbocycles. The van der Waals surface area contributed by atoms with Crippen LogP contribution in [0.4, 0.5) is 0 Å². The maximum atomic E-state index is 4.02. The molecule has 14 heavy (non-hydrogen) atoms. The molecule has 0 fully saturated rings. The van der Waals surface area contributed by atoms with E-state index in [-0.39, 0.29) is 0 Å². The molecule has 0 saturated heterocycles. The lowest BCUT2D eigenvalue weighted by molar-refractivity contribution is 1.12. The number of aromatic nitrogens is 2. The molecule has 0 spiro atoms. The summed E-state index contributed by atoms with van der Waals surface area (Å²) in [6, 6.07) is 6.19. The number of alkyl halides is 1. The van der Waals surface area contributed by atoms with Crippen molar-refractivity contribution in [3.63, 3.8) is 0 Å². The summed E-state index contributed by atoms with van der Waals surface area (Å²) in [6.45, 7) is 0. The molecule has 0 aliphatic rings. The number of benzene rings is 1. The van der Waals surface area contributed by atoms with Crippen molar-refractivity contribution in [3.05, 3.63) is 36.0 Å². The molecule has 2 nitrogen and oxygen atoms in total. The van der Waals surface area contributed by atoms with E-state index < -0.39 is 0 Å². The SMILES string of the molecule is BrCCC=Cc1cccc2cn[nH]c12. The number of aromatic amines is 1. The fraction of sp³-hybridized carbons (Fsp3) is 0.182. The zero-order chi connectivity index (χ0) is 9.80. The van der Waals surface area contributed by atoms with Crippen LogP contribution >= 0.6 is 15.9 Å². The van der Waals surface area contributed by atoms with Crippen LogP contribution < -0.4 is 0 Å². The Bertz CT molecular complexity index is 445. The highest BCUT2D eigenvalue weighted by Gasteiger charge is 1.97. The third kappa shape index (κ3) is 1.87. The van der Waals surface area contributed by atoms with Gasteiger partial charge in [0.15, 0.2) is 0 Å². The molecule has 1 aromatic carbocycles. The van der Waals surface area contributed by atoms with Crippen LogP contribution in [0.2, 0.25) is 0 Å². The summed E-state index contributed by atoms with van der Waals surface area (Å²) in [6.07, 6.45) is 7.17. The average Bonchev–Trinajstić information content (AvgIpc) is 2.67. The lowest BCUT2D eigenvalue weighted by Crippen LogP contribution is -1.76. The Morgan fingerprint density at radius 3 is 3.21 bits per heavy atom. The van der Waals surface area contributed by atoms with E-state index in [4.69, 9.17) is 0 Å². The van der Waals surface area contributed by atoms with Gasteiger partial charge >= 0.3 is 0 Å². The Morgan fingerprint density at radius 2 is 2.36 bits per heavy atom. The Hall–Kier alpha value is -1.09. The Balaban J connectivity index is 2.36. The van der Waals surface area contributed by atoms with Crippen LogP contribution in [0.15, 0.2) is 30.5 Å². The minimum Gasteiger partial charge on any atom is -0.277 e. The van der Waals surface area contributed by atoms with Gasteiger partial charge in [-0.2, -0.15) is 5.10 Å². The maximum absolute atomic E-state index is 4.02. The van der Waals surface area contributed by atoms with E-state index in [1.165, 1.54) is 5.56 Å². The second-order valence-corrected chi connectivity index (χ2v) is 3.85. The summed E-state index contributed by atoms with van der Waals surface area (Å²) in [7, 11) is 0. The number of fused-ring (bicyclic) bond motifs is 1. The van der Waals surface area contributed by atoms with Gasteiger partial charge in [-0.25, -0.2) is 0 Å². The average molecular weight is 251 g/mol. The number of nitrogens with one attached hydrogen (secondary N) is 1. The smallest absolute Gasteiger partial charge is 0.0722 e. The van der Waals surface area contributed by atoms with E-state index in [1.807, 2.05) is 12.3 Å². The van der Waals surface area contributed by atoms with Gasteiger partial charge in [-0.3, -0.25) is 5.10 Å². The summed E-state index contributed by atoms with van der Waals surface area (Å²) >= 11 is 3.39. The second-order valence-electron chi connectivity index (χ2n) is 3.06. The number of halogens is 1. The second kappa shape index (κ2) is 4.42. The molecule has 72 valence electrons. The van der Waals surface area contributed by atoms with E-state index in [1.54, 1.807) is 0 Å². The summed E-state index contributed by atoms with van der Waals surface area (Å²) < 4.78 is 0.